The first-order valence-electron chi connectivity index (χ1n) is 6.77. The van der Waals surface area contributed by atoms with E-state index >= 15 is 0 Å². The Labute approximate surface area is 130 Å². The molecule has 0 amide bonds. The number of fused-ring (bicyclic) bond motifs is 3. The zero-order chi connectivity index (χ0) is 15.1. The summed E-state index contributed by atoms with van der Waals surface area (Å²) in [5.41, 5.74) is 2.02. The van der Waals surface area contributed by atoms with Crippen LogP contribution in [-0.2, 0) is 0 Å². The van der Waals surface area contributed by atoms with E-state index in [0.717, 1.165) is 16.6 Å². The minimum atomic E-state index is -0.156. The van der Waals surface area contributed by atoms with Crippen LogP contribution in [0.1, 0.15) is 0 Å². The van der Waals surface area contributed by atoms with E-state index in [1.165, 1.54) is 6.20 Å². The fourth-order valence-corrected chi connectivity index (χ4v) is 2.79. The van der Waals surface area contributed by atoms with Gasteiger partial charge < -0.3 is 0 Å². The molecule has 0 bridgehead atoms. The van der Waals surface area contributed by atoms with Gasteiger partial charge in [0.05, 0.1) is 16.4 Å². The normalized spacial score (nSPS) is 11.1. The molecule has 2 aromatic carbocycles. The lowest BCUT2D eigenvalue weighted by Crippen LogP contribution is -2.19. The number of rotatable bonds is 1. The third-order valence-corrected chi connectivity index (χ3v) is 3.79. The van der Waals surface area contributed by atoms with Gasteiger partial charge >= 0.3 is 0 Å². The van der Waals surface area contributed by atoms with Crippen LogP contribution in [0.5, 0.6) is 0 Å². The molecule has 0 unspecified atom stereocenters. The van der Waals surface area contributed by atoms with E-state index in [0.29, 0.717) is 10.9 Å². The average molecular weight is 308 g/mol. The summed E-state index contributed by atoms with van der Waals surface area (Å²) in [6.45, 7) is 0. The predicted molar refractivity (Wildman–Crippen MR) is 87.7 cm³/mol. The molecule has 2 heterocycles. The highest BCUT2D eigenvalue weighted by Gasteiger charge is 2.13. The van der Waals surface area contributed by atoms with Gasteiger partial charge in [-0.05, 0) is 29.8 Å². The van der Waals surface area contributed by atoms with Crippen LogP contribution in [0.25, 0.3) is 27.5 Å². The van der Waals surface area contributed by atoms with E-state index in [4.69, 9.17) is 11.6 Å². The Bertz CT molecular complexity index is 1060. The van der Waals surface area contributed by atoms with Gasteiger partial charge in [-0.25, -0.2) is 9.97 Å². The predicted octanol–water partition coefficient (Wildman–Crippen LogP) is 3.59. The number of hydrogen-bond acceptors (Lipinski definition) is 3. The van der Waals surface area contributed by atoms with Gasteiger partial charge in [0.15, 0.2) is 0 Å². The maximum atomic E-state index is 12.9. The third kappa shape index (κ3) is 1.89. The number of halogens is 1. The summed E-state index contributed by atoms with van der Waals surface area (Å²) in [6, 6.07) is 17.2. The van der Waals surface area contributed by atoms with E-state index in [-0.39, 0.29) is 10.8 Å². The summed E-state index contributed by atoms with van der Waals surface area (Å²) in [6.07, 6.45) is 1.48. The van der Waals surface area contributed by atoms with Gasteiger partial charge in [-0.1, -0.05) is 36.4 Å². The molecule has 0 saturated carbocycles. The van der Waals surface area contributed by atoms with Crippen LogP contribution in [0.15, 0.2) is 65.6 Å². The zero-order valence-corrected chi connectivity index (χ0v) is 12.2. The van der Waals surface area contributed by atoms with E-state index in [2.05, 4.69) is 9.97 Å². The molecule has 0 fully saturated rings. The molecule has 4 aromatic rings. The number of hydrogen-bond donors (Lipinski definition) is 0. The smallest absolute Gasteiger partial charge is 0.266 e. The summed E-state index contributed by atoms with van der Waals surface area (Å²) < 4.78 is 1.68. The summed E-state index contributed by atoms with van der Waals surface area (Å²) in [4.78, 5) is 21.1. The van der Waals surface area contributed by atoms with E-state index < -0.39 is 0 Å². The van der Waals surface area contributed by atoms with Crippen LogP contribution in [0, 0.1) is 0 Å². The van der Waals surface area contributed by atoms with Crippen LogP contribution >= 0.6 is 11.6 Å². The Morgan fingerprint density at radius 2 is 1.64 bits per heavy atom. The van der Waals surface area contributed by atoms with Crippen molar-refractivity contribution >= 4 is 33.4 Å². The minimum absolute atomic E-state index is 0.134. The lowest BCUT2D eigenvalue weighted by Gasteiger charge is -2.12. The van der Waals surface area contributed by atoms with Crippen molar-refractivity contribution in [2.24, 2.45) is 0 Å². The molecule has 0 N–H and O–H groups in total. The van der Waals surface area contributed by atoms with Crippen molar-refractivity contribution in [3.05, 3.63) is 76.4 Å². The van der Waals surface area contributed by atoms with Crippen molar-refractivity contribution < 1.29 is 0 Å². The molecule has 22 heavy (non-hydrogen) atoms. The van der Waals surface area contributed by atoms with Crippen molar-refractivity contribution in [2.75, 3.05) is 0 Å². The number of para-hydroxylation sites is 2. The van der Waals surface area contributed by atoms with Crippen LogP contribution in [-0.4, -0.2) is 14.5 Å². The van der Waals surface area contributed by atoms with Crippen LogP contribution in [0.2, 0.25) is 5.28 Å². The maximum Gasteiger partial charge on any atom is 0.266 e. The van der Waals surface area contributed by atoms with Crippen LogP contribution in [0.4, 0.5) is 0 Å². The Morgan fingerprint density at radius 1 is 0.909 bits per heavy atom. The molecule has 0 spiro atoms. The van der Waals surface area contributed by atoms with E-state index in [1.807, 2.05) is 54.6 Å². The molecule has 4 rings (SSSR count). The van der Waals surface area contributed by atoms with Gasteiger partial charge in [-0.3, -0.25) is 9.36 Å². The molecule has 5 heteroatoms. The number of nitrogens with zero attached hydrogens (tertiary/aromatic N) is 3. The third-order valence-electron chi connectivity index (χ3n) is 3.61. The van der Waals surface area contributed by atoms with Crippen molar-refractivity contribution in [3.8, 4) is 5.69 Å². The second kappa shape index (κ2) is 4.93. The molecule has 4 nitrogen and oxygen atoms in total. The lowest BCUT2D eigenvalue weighted by atomic mass is 10.1. The van der Waals surface area contributed by atoms with Crippen molar-refractivity contribution in [1.29, 1.82) is 0 Å². The van der Waals surface area contributed by atoms with Crippen LogP contribution in [0.3, 0.4) is 0 Å². The van der Waals surface area contributed by atoms with Gasteiger partial charge in [-0.15, -0.1) is 0 Å². The summed E-state index contributed by atoms with van der Waals surface area (Å²) in [5.74, 6) is 0. The first kappa shape index (κ1) is 13.0. The van der Waals surface area contributed by atoms with E-state index in [9.17, 15) is 4.79 Å². The van der Waals surface area contributed by atoms with Gasteiger partial charge in [0.1, 0.15) is 0 Å². The fourth-order valence-electron chi connectivity index (χ4n) is 2.65. The summed E-state index contributed by atoms with van der Waals surface area (Å²) >= 11 is 5.90. The maximum absolute atomic E-state index is 12.9. The Morgan fingerprint density at radius 3 is 2.45 bits per heavy atom. The molecule has 0 aliphatic rings. The van der Waals surface area contributed by atoms with Gasteiger partial charge in [-0.2, -0.15) is 0 Å². The average Bonchev–Trinajstić information content (AvgIpc) is 2.56. The van der Waals surface area contributed by atoms with Gasteiger partial charge in [0, 0.05) is 17.3 Å². The summed E-state index contributed by atoms with van der Waals surface area (Å²) in [5, 5.41) is 1.45. The molecule has 0 radical (unpaired) electrons. The highest BCUT2D eigenvalue weighted by atomic mass is 35.5. The van der Waals surface area contributed by atoms with Crippen molar-refractivity contribution in [1.82, 2.24) is 14.5 Å². The summed E-state index contributed by atoms with van der Waals surface area (Å²) in [7, 11) is 0. The molecule has 0 saturated heterocycles. The Hall–Kier alpha value is -2.72. The van der Waals surface area contributed by atoms with Gasteiger partial charge in [0.2, 0.25) is 5.28 Å². The number of pyridine rings is 1. The van der Waals surface area contributed by atoms with Gasteiger partial charge in [0.25, 0.3) is 5.56 Å². The first-order chi connectivity index (χ1) is 10.8. The minimum Gasteiger partial charge on any atom is -0.276 e. The fraction of sp³-hybridized carbons (Fsp3) is 0. The quantitative estimate of drug-likeness (QED) is 0.399. The van der Waals surface area contributed by atoms with E-state index in [1.54, 1.807) is 4.57 Å². The number of aromatic nitrogens is 3. The zero-order valence-electron chi connectivity index (χ0n) is 11.4. The first-order valence-corrected chi connectivity index (χ1v) is 7.15. The van der Waals surface area contributed by atoms with Crippen molar-refractivity contribution in [3.63, 3.8) is 0 Å². The molecule has 0 aliphatic heterocycles. The highest BCUT2D eigenvalue weighted by Crippen LogP contribution is 2.23. The van der Waals surface area contributed by atoms with Crippen LogP contribution < -0.4 is 5.56 Å². The molecule has 0 atom stereocenters. The molecule has 2 aromatic heterocycles. The molecular weight excluding hydrogens is 298 g/mol. The topological polar surface area (TPSA) is 47.8 Å². The Kier molecular flexibility index (Phi) is 2.91. The van der Waals surface area contributed by atoms with Crippen molar-refractivity contribution in [2.45, 2.75) is 0 Å². The second-order valence-electron chi connectivity index (χ2n) is 4.89. The SMILES string of the molecule is O=c1c2cnc(Cl)nc2c2ccccc2n1-c1ccccc1. The lowest BCUT2D eigenvalue weighted by molar-refractivity contribution is 1.05. The Balaban J connectivity index is 2.28. The standard InChI is InChI=1S/C17H10ClN3O/c18-17-19-10-13-15(20-17)12-8-4-5-9-14(12)21(16(13)22)11-6-2-1-3-7-11/h1-10H. The molecular formula is C17H10ClN3O. The largest absolute Gasteiger partial charge is 0.276 e. The monoisotopic (exact) mass is 307 g/mol. The molecule has 0 aliphatic carbocycles. The molecule has 106 valence electrons. The number of benzene rings is 2. The highest BCUT2D eigenvalue weighted by molar-refractivity contribution is 6.28. The second-order valence-corrected chi connectivity index (χ2v) is 5.23.